The number of hydrogen-bond acceptors (Lipinski definition) is 3. The summed E-state index contributed by atoms with van der Waals surface area (Å²) in [5.74, 6) is -0.375. The number of hydrogen-bond donors (Lipinski definition) is 0. The van der Waals surface area contributed by atoms with E-state index in [1.54, 1.807) is 0 Å². The Kier molecular flexibility index (Phi) is 5.24. The fourth-order valence-corrected chi connectivity index (χ4v) is 4.70. The van der Waals surface area contributed by atoms with Crippen molar-refractivity contribution in [3.63, 3.8) is 0 Å². The van der Waals surface area contributed by atoms with Gasteiger partial charge in [0, 0.05) is 43.8 Å². The van der Waals surface area contributed by atoms with Crippen LogP contribution in [0.3, 0.4) is 0 Å². The summed E-state index contributed by atoms with van der Waals surface area (Å²) in [5.41, 5.74) is 0.309. The number of benzene rings is 1. The molecule has 118 valence electrons. The van der Waals surface area contributed by atoms with E-state index in [0.717, 1.165) is 12.1 Å². The van der Waals surface area contributed by atoms with Crippen LogP contribution >= 0.6 is 11.8 Å². The summed E-state index contributed by atoms with van der Waals surface area (Å²) in [4.78, 5) is 0. The second-order valence-electron chi connectivity index (χ2n) is 5.00. The van der Waals surface area contributed by atoms with Crippen LogP contribution in [0.15, 0.2) is 18.2 Å². The molecule has 1 aliphatic rings. The van der Waals surface area contributed by atoms with Crippen molar-refractivity contribution in [1.29, 1.82) is 0 Å². The zero-order valence-corrected chi connectivity index (χ0v) is 13.6. The predicted molar refractivity (Wildman–Crippen MR) is 80.4 cm³/mol. The first-order valence-corrected chi connectivity index (χ1v) is 9.01. The van der Waals surface area contributed by atoms with Crippen LogP contribution in [0.1, 0.15) is 17.2 Å². The van der Waals surface area contributed by atoms with Crippen molar-refractivity contribution in [2.45, 2.75) is 11.7 Å². The van der Waals surface area contributed by atoms with E-state index in [4.69, 9.17) is 0 Å². The molecule has 1 unspecified atom stereocenters. The molecule has 21 heavy (non-hydrogen) atoms. The first kappa shape index (κ1) is 16.7. The number of thioether (sulfide) groups is 1. The molecule has 1 aromatic rings. The summed E-state index contributed by atoms with van der Waals surface area (Å²) >= 11 is 1.46. The van der Waals surface area contributed by atoms with Crippen LogP contribution in [-0.2, 0) is 10.2 Å². The minimum Gasteiger partial charge on any atom is -0.207 e. The normalized spacial score (nSPS) is 21.5. The number of nitrogens with zero attached hydrogens (tertiary/aromatic N) is 2. The second-order valence-corrected chi connectivity index (χ2v) is 8.46. The summed E-state index contributed by atoms with van der Waals surface area (Å²) in [6.45, 7) is 0.673. The van der Waals surface area contributed by atoms with Crippen LogP contribution in [0, 0.1) is 11.6 Å². The van der Waals surface area contributed by atoms with Gasteiger partial charge in [-0.05, 0) is 24.6 Å². The molecule has 0 aromatic heterocycles. The lowest BCUT2D eigenvalue weighted by Crippen LogP contribution is -2.41. The smallest absolute Gasteiger partial charge is 0.207 e. The fourth-order valence-electron chi connectivity index (χ4n) is 2.22. The highest BCUT2D eigenvalue weighted by Gasteiger charge is 2.29. The minimum atomic E-state index is -3.46. The molecule has 0 aliphatic carbocycles. The van der Waals surface area contributed by atoms with Crippen LogP contribution in [0.4, 0.5) is 8.78 Å². The zero-order valence-electron chi connectivity index (χ0n) is 11.9. The standard InChI is InChI=1S/C13H18F2N2O2S2/c1-16(2)21(18,19)17-6-5-13(20-8-7-17)11-9-10(14)3-4-12(11)15/h3-4,9,13H,5-8H2,1-2H3. The molecule has 4 nitrogen and oxygen atoms in total. The van der Waals surface area contributed by atoms with Crippen molar-refractivity contribution in [3.8, 4) is 0 Å². The van der Waals surface area contributed by atoms with Gasteiger partial charge in [0.1, 0.15) is 11.6 Å². The van der Waals surface area contributed by atoms with E-state index in [1.807, 2.05) is 0 Å². The van der Waals surface area contributed by atoms with Crippen molar-refractivity contribution in [2.24, 2.45) is 0 Å². The van der Waals surface area contributed by atoms with E-state index in [0.29, 0.717) is 30.8 Å². The maximum atomic E-state index is 13.8. The molecule has 0 bridgehead atoms. The van der Waals surface area contributed by atoms with Crippen LogP contribution in [-0.4, -0.2) is 50.0 Å². The summed E-state index contributed by atoms with van der Waals surface area (Å²) in [6, 6.07) is 3.40. The topological polar surface area (TPSA) is 40.6 Å². The average Bonchev–Trinajstić information content (AvgIpc) is 2.67. The van der Waals surface area contributed by atoms with E-state index in [-0.39, 0.29) is 5.25 Å². The van der Waals surface area contributed by atoms with Gasteiger partial charge in [-0.15, -0.1) is 0 Å². The molecule has 0 saturated carbocycles. The number of halogens is 2. The average molecular weight is 336 g/mol. The molecule has 8 heteroatoms. The Bertz CT molecular complexity index is 608. The van der Waals surface area contributed by atoms with Gasteiger partial charge in [-0.1, -0.05) is 0 Å². The molecule has 0 amide bonds. The van der Waals surface area contributed by atoms with Crippen LogP contribution < -0.4 is 0 Å². The van der Waals surface area contributed by atoms with Crippen LogP contribution in [0.2, 0.25) is 0 Å². The van der Waals surface area contributed by atoms with E-state index in [2.05, 4.69) is 0 Å². The molecule has 0 spiro atoms. The lowest BCUT2D eigenvalue weighted by atomic mass is 10.1. The highest BCUT2D eigenvalue weighted by molar-refractivity contribution is 7.99. The first-order valence-electron chi connectivity index (χ1n) is 6.56. The van der Waals surface area contributed by atoms with Gasteiger partial charge in [-0.25, -0.2) is 8.78 Å². The van der Waals surface area contributed by atoms with Gasteiger partial charge >= 0.3 is 0 Å². The Hall–Kier alpha value is -0.700. The molecular formula is C13H18F2N2O2S2. The molecule has 1 aromatic carbocycles. The van der Waals surface area contributed by atoms with Crippen molar-refractivity contribution in [2.75, 3.05) is 32.9 Å². The molecule has 1 heterocycles. The van der Waals surface area contributed by atoms with Gasteiger partial charge in [-0.2, -0.15) is 28.8 Å². The molecule has 1 fully saturated rings. The van der Waals surface area contributed by atoms with Gasteiger partial charge in [0.25, 0.3) is 10.2 Å². The van der Waals surface area contributed by atoms with Gasteiger partial charge < -0.3 is 0 Å². The summed E-state index contributed by atoms with van der Waals surface area (Å²) in [7, 11) is -0.495. The molecule has 1 saturated heterocycles. The summed E-state index contributed by atoms with van der Waals surface area (Å²) < 4.78 is 53.9. The second kappa shape index (κ2) is 6.60. The Morgan fingerprint density at radius 1 is 1.29 bits per heavy atom. The summed E-state index contributed by atoms with van der Waals surface area (Å²) in [5, 5.41) is -0.233. The van der Waals surface area contributed by atoms with E-state index in [9.17, 15) is 17.2 Å². The highest BCUT2D eigenvalue weighted by atomic mass is 32.2. The monoisotopic (exact) mass is 336 g/mol. The third-order valence-corrected chi connectivity index (χ3v) is 6.64. The third-order valence-electron chi connectivity index (χ3n) is 3.39. The molecule has 1 aliphatic heterocycles. The van der Waals surface area contributed by atoms with Gasteiger partial charge in [-0.3, -0.25) is 0 Å². The van der Waals surface area contributed by atoms with Gasteiger partial charge in [0.05, 0.1) is 0 Å². The maximum Gasteiger partial charge on any atom is 0.281 e. The fraction of sp³-hybridized carbons (Fsp3) is 0.538. The zero-order chi connectivity index (χ0) is 15.6. The van der Waals surface area contributed by atoms with E-state index >= 15 is 0 Å². The highest BCUT2D eigenvalue weighted by Crippen LogP contribution is 2.36. The maximum absolute atomic E-state index is 13.8. The van der Waals surface area contributed by atoms with Crippen LogP contribution in [0.5, 0.6) is 0 Å². The molecule has 0 radical (unpaired) electrons. The Morgan fingerprint density at radius 3 is 2.67 bits per heavy atom. The van der Waals surface area contributed by atoms with Crippen molar-refractivity contribution in [3.05, 3.63) is 35.4 Å². The minimum absolute atomic E-state index is 0.233. The largest absolute Gasteiger partial charge is 0.281 e. The third kappa shape index (κ3) is 3.74. The molecular weight excluding hydrogens is 318 g/mol. The molecule has 1 atom stereocenters. The van der Waals surface area contributed by atoms with E-state index < -0.39 is 21.8 Å². The quantitative estimate of drug-likeness (QED) is 0.850. The lowest BCUT2D eigenvalue weighted by Gasteiger charge is -2.23. The first-order chi connectivity index (χ1) is 9.82. The van der Waals surface area contributed by atoms with Crippen LogP contribution in [0.25, 0.3) is 0 Å². The Labute approximate surface area is 128 Å². The van der Waals surface area contributed by atoms with Gasteiger partial charge in [0.2, 0.25) is 0 Å². The van der Waals surface area contributed by atoms with Crippen molar-refractivity contribution in [1.82, 2.24) is 8.61 Å². The van der Waals surface area contributed by atoms with Crippen molar-refractivity contribution >= 4 is 22.0 Å². The summed E-state index contributed by atoms with van der Waals surface area (Å²) in [6.07, 6.45) is 0.456. The SMILES string of the molecule is CN(C)S(=O)(=O)N1CCSC(c2cc(F)ccc2F)CC1. The predicted octanol–water partition coefficient (Wildman–Crippen LogP) is 2.25. The Morgan fingerprint density at radius 2 is 2.00 bits per heavy atom. The molecule has 0 N–H and O–H groups in total. The van der Waals surface area contributed by atoms with E-state index in [1.165, 1.54) is 40.5 Å². The van der Waals surface area contributed by atoms with Gasteiger partial charge in [0.15, 0.2) is 0 Å². The Balaban J connectivity index is 2.16. The number of rotatable bonds is 3. The molecule has 2 rings (SSSR count). The van der Waals surface area contributed by atoms with Crippen molar-refractivity contribution < 1.29 is 17.2 Å². The lowest BCUT2D eigenvalue weighted by molar-refractivity contribution is 0.387.